The second-order valence-corrected chi connectivity index (χ2v) is 6.53. The highest BCUT2D eigenvalue weighted by Gasteiger charge is 2.27. The van der Waals surface area contributed by atoms with E-state index >= 15 is 0 Å². The molecule has 0 bridgehead atoms. The van der Waals surface area contributed by atoms with Crippen molar-refractivity contribution >= 4 is 12.4 Å². The first-order valence-electron chi connectivity index (χ1n) is 8.15. The molecule has 6 heteroatoms. The highest BCUT2D eigenvalue weighted by molar-refractivity contribution is 5.70. The Morgan fingerprint density at radius 2 is 1.95 bits per heavy atom. The van der Waals surface area contributed by atoms with Crippen LogP contribution < -0.4 is 0 Å². The Morgan fingerprint density at radius 1 is 1.32 bits per heavy atom. The van der Waals surface area contributed by atoms with Gasteiger partial charge in [-0.25, -0.2) is 9.90 Å². The number of hydrogen-bond donors (Lipinski definition) is 1. The van der Waals surface area contributed by atoms with E-state index in [1.54, 1.807) is 6.92 Å². The van der Waals surface area contributed by atoms with Gasteiger partial charge in [0.2, 0.25) is 6.41 Å². The van der Waals surface area contributed by atoms with Gasteiger partial charge < -0.3 is 9.84 Å². The number of amides is 1. The zero-order valence-corrected chi connectivity index (χ0v) is 13.9. The third kappa shape index (κ3) is 7.22. The van der Waals surface area contributed by atoms with Crippen LogP contribution in [-0.2, 0) is 19.2 Å². The molecule has 1 saturated carbocycles. The lowest BCUT2D eigenvalue weighted by molar-refractivity contribution is -0.262. The molecule has 0 saturated heterocycles. The van der Waals surface area contributed by atoms with Gasteiger partial charge in [0, 0.05) is 0 Å². The van der Waals surface area contributed by atoms with E-state index in [4.69, 9.17) is 9.57 Å². The molecule has 2 atom stereocenters. The third-order valence-electron chi connectivity index (χ3n) is 3.91. The lowest BCUT2D eigenvalue weighted by atomic mass is 9.93. The fourth-order valence-electron chi connectivity index (χ4n) is 2.78. The van der Waals surface area contributed by atoms with Gasteiger partial charge in [0.25, 0.3) is 0 Å². The fourth-order valence-corrected chi connectivity index (χ4v) is 2.78. The lowest BCUT2D eigenvalue weighted by Gasteiger charge is -2.26. The Morgan fingerprint density at radius 3 is 2.45 bits per heavy atom. The number of nitrogens with zero attached hydrogens (tertiary/aromatic N) is 1. The molecule has 1 amide bonds. The molecule has 128 valence electrons. The number of carboxylic acid groups (broad SMARTS) is 1. The first kappa shape index (κ1) is 18.9. The SMILES string of the molecule is CC(C)COC(C)ON(C=O)C[C@@H](CC1CCCC1)C(=O)O. The average Bonchev–Trinajstić information content (AvgIpc) is 2.96. The third-order valence-corrected chi connectivity index (χ3v) is 3.91. The number of aliphatic carboxylic acids is 1. The predicted octanol–water partition coefficient (Wildman–Crippen LogP) is 2.68. The van der Waals surface area contributed by atoms with Crippen molar-refractivity contribution in [2.24, 2.45) is 17.8 Å². The molecular weight excluding hydrogens is 286 g/mol. The van der Waals surface area contributed by atoms with Crippen molar-refractivity contribution in [1.82, 2.24) is 5.06 Å². The summed E-state index contributed by atoms with van der Waals surface area (Å²) in [4.78, 5) is 27.9. The lowest BCUT2D eigenvalue weighted by Crippen LogP contribution is -2.36. The molecule has 6 nitrogen and oxygen atoms in total. The summed E-state index contributed by atoms with van der Waals surface area (Å²) in [5.74, 6) is -0.655. The van der Waals surface area contributed by atoms with Crippen molar-refractivity contribution in [1.29, 1.82) is 0 Å². The summed E-state index contributed by atoms with van der Waals surface area (Å²) in [6.45, 7) is 6.33. The molecule has 0 aromatic rings. The Balaban J connectivity index is 2.45. The largest absolute Gasteiger partial charge is 0.481 e. The van der Waals surface area contributed by atoms with Gasteiger partial charge in [0.15, 0.2) is 6.29 Å². The van der Waals surface area contributed by atoms with Crippen LogP contribution in [0.5, 0.6) is 0 Å². The van der Waals surface area contributed by atoms with Crippen LogP contribution in [-0.4, -0.2) is 42.0 Å². The van der Waals surface area contributed by atoms with E-state index in [9.17, 15) is 14.7 Å². The van der Waals surface area contributed by atoms with Crippen LogP contribution in [0.15, 0.2) is 0 Å². The summed E-state index contributed by atoms with van der Waals surface area (Å²) in [6.07, 6.45) is 5.06. The molecule has 0 aromatic carbocycles. The van der Waals surface area contributed by atoms with Crippen LogP contribution in [0.25, 0.3) is 0 Å². The number of hydrogen-bond acceptors (Lipinski definition) is 4. The summed E-state index contributed by atoms with van der Waals surface area (Å²) in [5.41, 5.74) is 0. The first-order chi connectivity index (χ1) is 10.4. The van der Waals surface area contributed by atoms with Gasteiger partial charge in [-0.1, -0.05) is 39.5 Å². The number of hydroxylamine groups is 2. The van der Waals surface area contributed by atoms with Crippen LogP contribution in [0.2, 0.25) is 0 Å². The number of carbonyl (C=O) groups excluding carboxylic acids is 1. The van der Waals surface area contributed by atoms with Crippen molar-refractivity contribution in [2.75, 3.05) is 13.2 Å². The monoisotopic (exact) mass is 315 g/mol. The van der Waals surface area contributed by atoms with E-state index in [-0.39, 0.29) is 6.54 Å². The Labute approximate surface area is 132 Å². The maximum Gasteiger partial charge on any atom is 0.308 e. The molecule has 1 N–H and O–H groups in total. The zero-order valence-electron chi connectivity index (χ0n) is 13.9. The van der Waals surface area contributed by atoms with E-state index in [2.05, 4.69) is 0 Å². The number of ether oxygens (including phenoxy) is 1. The Kier molecular flexibility index (Phi) is 8.42. The van der Waals surface area contributed by atoms with E-state index in [0.29, 0.717) is 31.3 Å². The van der Waals surface area contributed by atoms with E-state index in [0.717, 1.165) is 17.9 Å². The van der Waals surface area contributed by atoms with Crippen LogP contribution in [0.3, 0.4) is 0 Å². The van der Waals surface area contributed by atoms with Gasteiger partial charge in [-0.3, -0.25) is 9.59 Å². The summed E-state index contributed by atoms with van der Waals surface area (Å²) in [7, 11) is 0. The standard InChI is InChI=1S/C16H29NO5/c1-12(2)10-21-13(3)22-17(11-18)9-15(16(19)20)8-14-6-4-5-7-14/h11-15H,4-10H2,1-3H3,(H,19,20)/t13?,15-/m1/s1. The van der Waals surface area contributed by atoms with Crippen molar-refractivity contribution in [3.05, 3.63) is 0 Å². The highest BCUT2D eigenvalue weighted by atomic mass is 16.8. The quantitative estimate of drug-likeness (QED) is 0.360. The van der Waals surface area contributed by atoms with Crippen molar-refractivity contribution in [2.45, 2.75) is 59.2 Å². The molecule has 0 aromatic heterocycles. The fraction of sp³-hybridized carbons (Fsp3) is 0.875. The Bertz CT molecular complexity index is 341. The summed E-state index contributed by atoms with van der Waals surface area (Å²) < 4.78 is 5.44. The first-order valence-corrected chi connectivity index (χ1v) is 8.15. The molecule has 0 spiro atoms. The minimum atomic E-state index is -0.877. The number of carboxylic acids is 1. The molecule has 22 heavy (non-hydrogen) atoms. The smallest absolute Gasteiger partial charge is 0.308 e. The molecule has 1 aliphatic rings. The molecular formula is C16H29NO5. The van der Waals surface area contributed by atoms with Gasteiger partial charge in [-0.15, -0.1) is 0 Å². The van der Waals surface area contributed by atoms with Crippen molar-refractivity contribution in [3.63, 3.8) is 0 Å². The maximum absolute atomic E-state index is 11.4. The summed E-state index contributed by atoms with van der Waals surface area (Å²) >= 11 is 0. The maximum atomic E-state index is 11.4. The van der Waals surface area contributed by atoms with Gasteiger partial charge in [0.05, 0.1) is 19.1 Å². The van der Waals surface area contributed by atoms with Crippen LogP contribution in [0.1, 0.15) is 52.9 Å². The molecule has 1 fully saturated rings. The minimum Gasteiger partial charge on any atom is -0.481 e. The van der Waals surface area contributed by atoms with E-state index in [1.165, 1.54) is 12.8 Å². The van der Waals surface area contributed by atoms with Crippen LogP contribution >= 0.6 is 0 Å². The predicted molar refractivity (Wildman–Crippen MR) is 81.8 cm³/mol. The molecule has 1 rings (SSSR count). The van der Waals surface area contributed by atoms with E-state index < -0.39 is 18.2 Å². The topological polar surface area (TPSA) is 76.1 Å². The summed E-state index contributed by atoms with van der Waals surface area (Å²) in [5, 5.41) is 10.4. The van der Waals surface area contributed by atoms with Crippen LogP contribution in [0, 0.1) is 17.8 Å². The van der Waals surface area contributed by atoms with Crippen molar-refractivity contribution in [3.8, 4) is 0 Å². The second kappa shape index (κ2) is 9.79. The van der Waals surface area contributed by atoms with Crippen molar-refractivity contribution < 1.29 is 24.3 Å². The molecule has 0 radical (unpaired) electrons. The minimum absolute atomic E-state index is 0.0602. The van der Waals surface area contributed by atoms with Gasteiger partial charge in [-0.05, 0) is 25.2 Å². The number of carbonyl (C=O) groups is 2. The second-order valence-electron chi connectivity index (χ2n) is 6.53. The molecule has 1 unspecified atom stereocenters. The molecule has 0 heterocycles. The van der Waals surface area contributed by atoms with Gasteiger partial charge >= 0.3 is 5.97 Å². The highest BCUT2D eigenvalue weighted by Crippen LogP contribution is 2.30. The number of rotatable bonds is 11. The zero-order chi connectivity index (χ0) is 16.5. The molecule has 0 aliphatic heterocycles. The van der Waals surface area contributed by atoms with Gasteiger partial charge in [0.1, 0.15) is 0 Å². The normalized spacial score (nSPS) is 18.4. The van der Waals surface area contributed by atoms with Crippen LogP contribution in [0.4, 0.5) is 0 Å². The van der Waals surface area contributed by atoms with E-state index in [1.807, 2.05) is 13.8 Å². The van der Waals surface area contributed by atoms with Gasteiger partial charge in [-0.2, -0.15) is 0 Å². The summed E-state index contributed by atoms with van der Waals surface area (Å²) in [6, 6.07) is 0. The Hall–Kier alpha value is -1.14. The average molecular weight is 315 g/mol. The molecule has 1 aliphatic carbocycles.